The quantitative estimate of drug-likeness (QED) is 0.668. The van der Waals surface area contributed by atoms with Crippen LogP contribution in [0, 0.1) is 5.92 Å². The normalized spacial score (nSPS) is 41.1. The molecule has 0 aliphatic carbocycles. The topological polar surface area (TPSA) is 67.4 Å². The van der Waals surface area contributed by atoms with E-state index in [1.54, 1.807) is 0 Å². The van der Waals surface area contributed by atoms with Crippen LogP contribution in [0.15, 0.2) is 0 Å². The third-order valence-corrected chi connectivity index (χ3v) is 3.78. The first-order valence-corrected chi connectivity index (χ1v) is 5.95. The molecule has 3 fully saturated rings. The molecular weight excluding hydrogens is 208 g/mol. The minimum absolute atomic E-state index is 0.000463. The van der Waals surface area contributed by atoms with Gasteiger partial charge < -0.3 is 15.4 Å². The van der Waals surface area contributed by atoms with E-state index >= 15 is 0 Å². The van der Waals surface area contributed by atoms with Crippen LogP contribution in [0.4, 0.5) is 0 Å². The van der Waals surface area contributed by atoms with Gasteiger partial charge in [-0.2, -0.15) is 0 Å². The second-order valence-electron chi connectivity index (χ2n) is 4.93. The molecule has 3 aliphatic rings. The number of amides is 2. The summed E-state index contributed by atoms with van der Waals surface area (Å²) in [5, 5.41) is 5.69. The molecule has 4 unspecified atom stereocenters. The van der Waals surface area contributed by atoms with E-state index < -0.39 is 0 Å². The van der Waals surface area contributed by atoms with Gasteiger partial charge in [-0.15, -0.1) is 0 Å². The van der Waals surface area contributed by atoms with E-state index in [9.17, 15) is 9.59 Å². The van der Waals surface area contributed by atoms with Gasteiger partial charge >= 0.3 is 0 Å². The van der Waals surface area contributed by atoms with E-state index in [0.717, 1.165) is 19.3 Å². The van der Waals surface area contributed by atoms with Crippen molar-refractivity contribution in [2.24, 2.45) is 5.92 Å². The molecule has 3 rings (SSSR count). The number of carbonyl (C=O) groups is 2. The fourth-order valence-corrected chi connectivity index (χ4v) is 2.88. The Kier molecular flexibility index (Phi) is 2.35. The smallest absolute Gasteiger partial charge is 0.225 e. The van der Waals surface area contributed by atoms with Crippen molar-refractivity contribution in [2.75, 3.05) is 6.54 Å². The van der Waals surface area contributed by atoms with E-state index in [1.807, 2.05) is 0 Å². The Morgan fingerprint density at radius 3 is 2.88 bits per heavy atom. The lowest BCUT2D eigenvalue weighted by molar-refractivity contribution is -0.127. The van der Waals surface area contributed by atoms with Gasteiger partial charge in [-0.1, -0.05) is 0 Å². The third kappa shape index (κ3) is 1.69. The van der Waals surface area contributed by atoms with Gasteiger partial charge in [-0.3, -0.25) is 9.59 Å². The molecule has 2 bridgehead atoms. The lowest BCUT2D eigenvalue weighted by Crippen LogP contribution is -2.44. The van der Waals surface area contributed by atoms with Gasteiger partial charge in [0.05, 0.1) is 24.2 Å². The molecule has 0 spiro atoms. The summed E-state index contributed by atoms with van der Waals surface area (Å²) < 4.78 is 5.67. The Labute approximate surface area is 93.9 Å². The van der Waals surface area contributed by atoms with Crippen LogP contribution in [-0.2, 0) is 14.3 Å². The molecule has 0 aromatic heterocycles. The van der Waals surface area contributed by atoms with Gasteiger partial charge in [-0.25, -0.2) is 0 Å². The molecule has 0 aromatic carbocycles. The SMILES string of the molecule is O=C1CC(C(=O)NC2CC3CCC2O3)CN1. The van der Waals surface area contributed by atoms with Gasteiger partial charge in [0.15, 0.2) is 0 Å². The van der Waals surface area contributed by atoms with Crippen molar-refractivity contribution < 1.29 is 14.3 Å². The Hall–Kier alpha value is -1.10. The highest BCUT2D eigenvalue weighted by Gasteiger charge is 2.42. The number of hydrogen-bond acceptors (Lipinski definition) is 3. The van der Waals surface area contributed by atoms with E-state index in [2.05, 4.69) is 10.6 Å². The van der Waals surface area contributed by atoms with Gasteiger partial charge in [-0.05, 0) is 19.3 Å². The molecule has 0 aromatic rings. The maximum absolute atomic E-state index is 11.9. The fraction of sp³-hybridized carbons (Fsp3) is 0.818. The highest BCUT2D eigenvalue weighted by atomic mass is 16.5. The van der Waals surface area contributed by atoms with Crippen molar-refractivity contribution >= 4 is 11.8 Å². The second kappa shape index (κ2) is 3.73. The maximum atomic E-state index is 11.9. The second-order valence-corrected chi connectivity index (χ2v) is 4.93. The molecular formula is C11H16N2O3. The van der Waals surface area contributed by atoms with Crippen molar-refractivity contribution in [3.63, 3.8) is 0 Å². The number of ether oxygens (including phenoxy) is 1. The molecule has 2 amide bonds. The molecule has 3 heterocycles. The molecule has 4 atom stereocenters. The largest absolute Gasteiger partial charge is 0.373 e. The van der Waals surface area contributed by atoms with Crippen LogP contribution in [0.2, 0.25) is 0 Å². The van der Waals surface area contributed by atoms with Crippen LogP contribution in [-0.4, -0.2) is 36.6 Å². The molecule has 5 heteroatoms. The molecule has 88 valence electrons. The van der Waals surface area contributed by atoms with Crippen LogP contribution < -0.4 is 10.6 Å². The Morgan fingerprint density at radius 1 is 1.44 bits per heavy atom. The zero-order chi connectivity index (χ0) is 11.1. The van der Waals surface area contributed by atoms with E-state index in [-0.39, 0.29) is 29.9 Å². The predicted molar refractivity (Wildman–Crippen MR) is 55.6 cm³/mol. The van der Waals surface area contributed by atoms with Crippen molar-refractivity contribution in [1.82, 2.24) is 10.6 Å². The number of fused-ring (bicyclic) bond motifs is 2. The first-order valence-electron chi connectivity index (χ1n) is 5.95. The van der Waals surface area contributed by atoms with Crippen LogP contribution in [0.25, 0.3) is 0 Å². The summed E-state index contributed by atoms with van der Waals surface area (Å²) in [7, 11) is 0. The van der Waals surface area contributed by atoms with Crippen molar-refractivity contribution in [2.45, 2.75) is 43.9 Å². The van der Waals surface area contributed by atoms with E-state index in [4.69, 9.17) is 4.74 Å². The van der Waals surface area contributed by atoms with Gasteiger partial charge in [0.2, 0.25) is 11.8 Å². The summed E-state index contributed by atoms with van der Waals surface area (Å²) in [4.78, 5) is 22.9. The van der Waals surface area contributed by atoms with Crippen LogP contribution in [0.1, 0.15) is 25.7 Å². The molecule has 3 aliphatic heterocycles. The Bertz CT molecular complexity index is 331. The maximum Gasteiger partial charge on any atom is 0.225 e. The monoisotopic (exact) mass is 224 g/mol. The predicted octanol–water partition coefficient (Wildman–Crippen LogP) is -0.441. The van der Waals surface area contributed by atoms with Crippen molar-refractivity contribution in [3.8, 4) is 0 Å². The highest BCUT2D eigenvalue weighted by Crippen LogP contribution is 2.34. The van der Waals surface area contributed by atoms with Gasteiger partial charge in [0.25, 0.3) is 0 Å². The molecule has 5 nitrogen and oxygen atoms in total. The summed E-state index contributed by atoms with van der Waals surface area (Å²) in [6.07, 6.45) is 3.99. The molecule has 2 N–H and O–H groups in total. The standard InChI is InChI=1S/C11H16N2O3/c14-10-3-6(5-12-10)11(15)13-8-4-7-1-2-9(8)16-7/h6-9H,1-5H2,(H,12,14)(H,13,15). The number of rotatable bonds is 2. The first-order chi connectivity index (χ1) is 7.72. The minimum Gasteiger partial charge on any atom is -0.373 e. The lowest BCUT2D eigenvalue weighted by Gasteiger charge is -2.21. The van der Waals surface area contributed by atoms with E-state index in [1.165, 1.54) is 0 Å². The summed E-state index contributed by atoms with van der Waals surface area (Å²) >= 11 is 0. The van der Waals surface area contributed by atoms with E-state index in [0.29, 0.717) is 19.1 Å². The average Bonchev–Trinajstić information content (AvgIpc) is 2.92. The minimum atomic E-state index is -0.188. The van der Waals surface area contributed by atoms with Crippen LogP contribution in [0.5, 0.6) is 0 Å². The fourth-order valence-electron chi connectivity index (χ4n) is 2.88. The number of carbonyl (C=O) groups excluding carboxylic acids is 2. The summed E-state index contributed by atoms with van der Waals surface area (Å²) in [5.41, 5.74) is 0. The van der Waals surface area contributed by atoms with Crippen molar-refractivity contribution in [3.05, 3.63) is 0 Å². The zero-order valence-electron chi connectivity index (χ0n) is 9.07. The lowest BCUT2D eigenvalue weighted by atomic mass is 9.95. The third-order valence-electron chi connectivity index (χ3n) is 3.78. The summed E-state index contributed by atoms with van der Waals surface area (Å²) in [5.74, 6) is -0.213. The van der Waals surface area contributed by atoms with Crippen molar-refractivity contribution in [1.29, 1.82) is 0 Å². The summed E-state index contributed by atoms with van der Waals surface area (Å²) in [6.45, 7) is 0.479. The Morgan fingerprint density at radius 2 is 2.31 bits per heavy atom. The first kappa shape index (κ1) is 10.1. The molecule has 3 saturated heterocycles. The van der Waals surface area contributed by atoms with Crippen LogP contribution in [0.3, 0.4) is 0 Å². The molecule has 0 saturated carbocycles. The zero-order valence-corrected chi connectivity index (χ0v) is 9.07. The van der Waals surface area contributed by atoms with Gasteiger partial charge in [0.1, 0.15) is 0 Å². The highest BCUT2D eigenvalue weighted by molar-refractivity contribution is 5.89. The molecule has 0 radical (unpaired) electrons. The summed E-state index contributed by atoms with van der Waals surface area (Å²) in [6, 6.07) is 0.168. The van der Waals surface area contributed by atoms with Crippen LogP contribution >= 0.6 is 0 Å². The number of hydrogen-bond donors (Lipinski definition) is 2. The average molecular weight is 224 g/mol. The Balaban J connectivity index is 1.55. The molecule has 16 heavy (non-hydrogen) atoms. The number of nitrogens with one attached hydrogen (secondary N) is 2. The van der Waals surface area contributed by atoms with Gasteiger partial charge in [0, 0.05) is 13.0 Å².